The molecule has 0 aliphatic carbocycles. The molecule has 3 aromatic rings. The normalized spacial score (nSPS) is 16.7. The predicted octanol–water partition coefficient (Wildman–Crippen LogP) is 3.71. The summed E-state index contributed by atoms with van der Waals surface area (Å²) in [6, 6.07) is 9.20. The summed E-state index contributed by atoms with van der Waals surface area (Å²) in [5.74, 6) is 0.425. The smallest absolute Gasteiger partial charge is 0.337 e. The van der Waals surface area contributed by atoms with E-state index in [1.54, 1.807) is 30.3 Å². The molecule has 1 atom stereocenters. The van der Waals surface area contributed by atoms with Gasteiger partial charge in [0.2, 0.25) is 0 Å². The highest BCUT2D eigenvalue weighted by Gasteiger charge is 2.31. The van der Waals surface area contributed by atoms with Gasteiger partial charge in [-0.15, -0.1) is 0 Å². The number of nitro groups is 1. The fourth-order valence-electron chi connectivity index (χ4n) is 5.32. The zero-order chi connectivity index (χ0) is 29.8. The monoisotopic (exact) mass is 592 g/mol. The van der Waals surface area contributed by atoms with Crippen molar-refractivity contribution < 1.29 is 23.9 Å². The van der Waals surface area contributed by atoms with Crippen LogP contribution in [0.5, 0.6) is 11.5 Å². The van der Waals surface area contributed by atoms with Crippen LogP contribution in [-0.2, 0) is 9.53 Å². The van der Waals surface area contributed by atoms with E-state index in [0.717, 1.165) is 49.4 Å². The number of hydrogen-bond donors (Lipinski definition) is 0. The largest absolute Gasteiger partial charge is 0.490 e. The highest BCUT2D eigenvalue weighted by Crippen LogP contribution is 2.35. The third kappa shape index (κ3) is 5.67. The Hall–Kier alpha value is -4.45. The molecule has 0 unspecified atom stereocenters. The highest BCUT2D eigenvalue weighted by molar-refractivity contribution is 7.07. The lowest BCUT2D eigenvalue weighted by Crippen LogP contribution is -2.39. The van der Waals surface area contributed by atoms with Crippen molar-refractivity contribution in [3.8, 4) is 11.5 Å². The Morgan fingerprint density at radius 1 is 1.10 bits per heavy atom. The number of benzene rings is 2. The number of carbonyl (C=O) groups excluding carboxylic acids is 1. The molecule has 0 radical (unpaired) electrons. The van der Waals surface area contributed by atoms with Crippen molar-refractivity contribution in [3.63, 3.8) is 0 Å². The number of methoxy groups -OCH3 is 1. The van der Waals surface area contributed by atoms with Crippen LogP contribution >= 0.6 is 11.3 Å². The van der Waals surface area contributed by atoms with Crippen LogP contribution < -0.4 is 29.3 Å². The van der Waals surface area contributed by atoms with E-state index in [2.05, 4.69) is 9.89 Å². The number of ether oxygens (including phenoxy) is 3. The summed E-state index contributed by atoms with van der Waals surface area (Å²) in [4.78, 5) is 45.1. The van der Waals surface area contributed by atoms with E-state index < -0.39 is 16.9 Å². The summed E-state index contributed by atoms with van der Waals surface area (Å²) < 4.78 is 18.4. The number of rotatable bonds is 9. The average Bonchev–Trinajstić information content (AvgIpc) is 3.32. The molecule has 0 N–H and O–H groups in total. The minimum absolute atomic E-state index is 0.0570. The number of carbonyl (C=O) groups is 1. The van der Waals surface area contributed by atoms with Crippen LogP contribution in [0, 0.1) is 10.1 Å². The lowest BCUT2D eigenvalue weighted by molar-refractivity contribution is -0.384. The molecule has 0 saturated carbocycles. The number of esters is 1. The Kier molecular flexibility index (Phi) is 8.72. The summed E-state index contributed by atoms with van der Waals surface area (Å²) >= 11 is 1.16. The molecular weight excluding hydrogens is 560 g/mol. The Balaban J connectivity index is 1.68. The second-order valence-corrected chi connectivity index (χ2v) is 10.8. The van der Waals surface area contributed by atoms with Crippen molar-refractivity contribution >= 4 is 34.8 Å². The van der Waals surface area contributed by atoms with Crippen molar-refractivity contribution in [2.45, 2.75) is 39.2 Å². The summed E-state index contributed by atoms with van der Waals surface area (Å²) in [7, 11) is 1.28. The van der Waals surface area contributed by atoms with Crippen molar-refractivity contribution in [2.75, 3.05) is 38.3 Å². The number of anilines is 1. The van der Waals surface area contributed by atoms with E-state index in [-0.39, 0.29) is 16.8 Å². The first-order valence-corrected chi connectivity index (χ1v) is 14.7. The number of piperidine rings is 1. The van der Waals surface area contributed by atoms with Crippen LogP contribution in [-0.4, -0.2) is 48.9 Å². The Labute approximate surface area is 246 Å². The number of aromatic nitrogens is 1. The van der Waals surface area contributed by atoms with Gasteiger partial charge >= 0.3 is 5.97 Å². The molecule has 1 saturated heterocycles. The molecule has 0 bridgehead atoms. The van der Waals surface area contributed by atoms with Crippen molar-refractivity contribution in [3.05, 3.63) is 89.1 Å². The summed E-state index contributed by atoms with van der Waals surface area (Å²) in [5.41, 5.74) is 1.79. The van der Waals surface area contributed by atoms with Crippen LogP contribution in [0.25, 0.3) is 6.08 Å². The van der Waals surface area contributed by atoms with Crippen LogP contribution in [0.1, 0.15) is 50.3 Å². The number of nitro benzene ring substituents is 1. The fraction of sp³-hybridized carbons (Fsp3) is 0.367. The fourth-order valence-corrected chi connectivity index (χ4v) is 6.28. The number of thiazole rings is 1. The van der Waals surface area contributed by atoms with Crippen LogP contribution in [0.2, 0.25) is 0 Å². The molecular formula is C30H32N4O7S. The summed E-state index contributed by atoms with van der Waals surface area (Å²) in [6.07, 6.45) is 6.30. The van der Waals surface area contributed by atoms with Gasteiger partial charge in [-0.2, -0.15) is 0 Å². The third-order valence-electron chi connectivity index (χ3n) is 7.21. The first-order chi connectivity index (χ1) is 20.4. The van der Waals surface area contributed by atoms with E-state index in [9.17, 15) is 19.7 Å². The maximum atomic E-state index is 14.0. The number of nitrogens with zero attached hydrogens (tertiary/aromatic N) is 4. The van der Waals surface area contributed by atoms with Gasteiger partial charge in [0.1, 0.15) is 0 Å². The lowest BCUT2D eigenvalue weighted by atomic mass is 9.97. The molecule has 5 rings (SSSR count). The van der Waals surface area contributed by atoms with E-state index >= 15 is 0 Å². The molecule has 220 valence electrons. The first-order valence-electron chi connectivity index (χ1n) is 13.9. The van der Waals surface area contributed by atoms with E-state index in [1.165, 1.54) is 30.0 Å². The van der Waals surface area contributed by atoms with E-state index in [0.29, 0.717) is 45.2 Å². The van der Waals surface area contributed by atoms with Gasteiger partial charge in [0.05, 0.1) is 41.4 Å². The summed E-state index contributed by atoms with van der Waals surface area (Å²) in [6.45, 7) is 6.24. The molecule has 0 spiro atoms. The Bertz CT molecular complexity index is 1720. The third-order valence-corrected chi connectivity index (χ3v) is 8.21. The standard InChI is InChI=1S/C30H32N4O7S/c1-4-40-24-12-9-19(16-25(24)41-5-2)27-22(29(36)39-3)18-31-30-33(27)28(35)26(42-30)17-20-15-21(34(37)38)10-11-23(20)32-13-7-6-8-14-32/h9-12,15-18,27H,4-8,13-14H2,1-3H3/b26-17-/t27-/m1/s1. The maximum Gasteiger partial charge on any atom is 0.337 e. The Morgan fingerprint density at radius 3 is 2.52 bits per heavy atom. The van der Waals surface area contributed by atoms with E-state index in [1.807, 2.05) is 13.8 Å². The molecule has 2 aliphatic heterocycles. The molecule has 3 heterocycles. The van der Waals surface area contributed by atoms with Gasteiger partial charge in [-0.25, -0.2) is 9.79 Å². The SMILES string of the molecule is CCOc1ccc([C@@H]2C(C(=O)OC)=CN=c3s/c(=C\c4cc([N+](=O)[O-])ccc4N4CCCCC4)c(=O)n32)cc1OCC. The molecule has 12 heteroatoms. The van der Waals surface area contributed by atoms with Crippen LogP contribution in [0.15, 0.2) is 58.0 Å². The zero-order valence-corrected chi connectivity index (χ0v) is 24.5. The summed E-state index contributed by atoms with van der Waals surface area (Å²) in [5, 5.41) is 11.6. The Morgan fingerprint density at radius 2 is 1.83 bits per heavy atom. The average molecular weight is 593 g/mol. The minimum atomic E-state index is -0.836. The van der Waals surface area contributed by atoms with Gasteiger partial charge in [-0.05, 0) is 62.9 Å². The minimum Gasteiger partial charge on any atom is -0.490 e. The van der Waals surface area contributed by atoms with Crippen LogP contribution in [0.3, 0.4) is 0 Å². The molecule has 2 aliphatic rings. The van der Waals surface area contributed by atoms with Gasteiger partial charge in [-0.3, -0.25) is 19.5 Å². The van der Waals surface area contributed by atoms with Gasteiger partial charge < -0.3 is 19.1 Å². The predicted molar refractivity (Wildman–Crippen MR) is 159 cm³/mol. The van der Waals surface area contributed by atoms with Gasteiger partial charge in [0.25, 0.3) is 11.2 Å². The molecule has 1 fully saturated rings. The van der Waals surface area contributed by atoms with Gasteiger partial charge in [0.15, 0.2) is 16.3 Å². The van der Waals surface area contributed by atoms with Gasteiger partial charge in [0, 0.05) is 42.7 Å². The van der Waals surface area contributed by atoms with Crippen molar-refractivity contribution in [2.24, 2.45) is 4.99 Å². The molecule has 1 aromatic heterocycles. The zero-order valence-electron chi connectivity index (χ0n) is 23.7. The highest BCUT2D eigenvalue weighted by atomic mass is 32.1. The molecule has 42 heavy (non-hydrogen) atoms. The lowest BCUT2D eigenvalue weighted by Gasteiger charge is -2.30. The number of fused-ring (bicyclic) bond motifs is 1. The maximum absolute atomic E-state index is 14.0. The first kappa shape index (κ1) is 29.1. The number of non-ortho nitro benzene ring substituents is 1. The van der Waals surface area contributed by atoms with Gasteiger partial charge in [-0.1, -0.05) is 17.4 Å². The topological polar surface area (TPSA) is 126 Å². The quantitative estimate of drug-likeness (QED) is 0.209. The van der Waals surface area contributed by atoms with E-state index in [4.69, 9.17) is 14.2 Å². The second kappa shape index (κ2) is 12.6. The molecule has 11 nitrogen and oxygen atoms in total. The number of hydrogen-bond acceptors (Lipinski definition) is 10. The molecule has 2 aromatic carbocycles. The second-order valence-electron chi connectivity index (χ2n) is 9.80. The van der Waals surface area contributed by atoms with Crippen molar-refractivity contribution in [1.82, 2.24) is 4.57 Å². The molecule has 0 amide bonds. The van der Waals surface area contributed by atoms with Crippen LogP contribution in [0.4, 0.5) is 11.4 Å². The van der Waals surface area contributed by atoms with Crippen molar-refractivity contribution in [1.29, 1.82) is 0 Å².